The van der Waals surface area contributed by atoms with Crippen molar-refractivity contribution in [3.63, 3.8) is 0 Å². The Hall–Kier alpha value is -2.57. The lowest BCUT2D eigenvalue weighted by atomic mass is 10.2. The van der Waals surface area contributed by atoms with Crippen LogP contribution < -0.4 is 10.7 Å². The van der Waals surface area contributed by atoms with Crippen LogP contribution in [0.1, 0.15) is 41.3 Å². The van der Waals surface area contributed by atoms with E-state index in [2.05, 4.69) is 25.5 Å². The Balaban J connectivity index is 2.25. The minimum atomic E-state index is -0.552. The number of H-pyrrole nitrogens is 1. The van der Waals surface area contributed by atoms with Crippen molar-refractivity contribution in [3.8, 4) is 0 Å². The Morgan fingerprint density at radius 1 is 1.24 bits per heavy atom. The van der Waals surface area contributed by atoms with Crippen LogP contribution in [0.3, 0.4) is 0 Å². The van der Waals surface area contributed by atoms with Gasteiger partial charge in [-0.2, -0.15) is 0 Å². The molecule has 0 aromatic carbocycles. The van der Waals surface area contributed by atoms with E-state index in [1.54, 1.807) is 6.92 Å². The molecule has 2 N–H and O–H groups in total. The SMILES string of the molecule is CCc1nnc(NC(=O)c2c[nH]c(C)cc2=O)nc1CC. The zero-order chi connectivity index (χ0) is 15.4. The molecule has 0 bridgehead atoms. The molecular weight excluding hydrogens is 270 g/mol. The van der Waals surface area contributed by atoms with Crippen LogP contribution in [0.5, 0.6) is 0 Å². The minimum absolute atomic E-state index is 0.0156. The van der Waals surface area contributed by atoms with E-state index in [0.29, 0.717) is 12.1 Å². The van der Waals surface area contributed by atoms with E-state index in [1.165, 1.54) is 12.3 Å². The van der Waals surface area contributed by atoms with Gasteiger partial charge in [0.15, 0.2) is 5.43 Å². The summed E-state index contributed by atoms with van der Waals surface area (Å²) < 4.78 is 0. The van der Waals surface area contributed by atoms with Gasteiger partial charge < -0.3 is 4.98 Å². The van der Waals surface area contributed by atoms with E-state index < -0.39 is 5.91 Å². The molecule has 0 unspecified atom stereocenters. The molecule has 2 aromatic heterocycles. The number of nitrogens with one attached hydrogen (secondary N) is 2. The maximum Gasteiger partial charge on any atom is 0.263 e. The van der Waals surface area contributed by atoms with Gasteiger partial charge in [0.1, 0.15) is 5.56 Å². The third-order valence-corrected chi connectivity index (χ3v) is 3.04. The van der Waals surface area contributed by atoms with Crippen molar-refractivity contribution in [2.45, 2.75) is 33.6 Å². The molecule has 7 nitrogen and oxygen atoms in total. The Kier molecular flexibility index (Phi) is 4.42. The number of rotatable bonds is 4. The first-order valence-corrected chi connectivity index (χ1v) is 6.78. The molecular formula is C14H17N5O2. The second kappa shape index (κ2) is 6.25. The summed E-state index contributed by atoms with van der Waals surface area (Å²) in [5, 5.41) is 10.4. The molecule has 7 heteroatoms. The molecule has 0 radical (unpaired) electrons. The number of carbonyl (C=O) groups is 1. The standard InChI is InChI=1S/C14H17N5O2/c1-4-10-11(5-2)18-19-14(16-10)17-13(21)9-7-15-8(3)6-12(9)20/h6-7H,4-5H2,1-3H3,(H,15,20)(H,16,17,19,21). The summed E-state index contributed by atoms with van der Waals surface area (Å²) in [6, 6.07) is 1.37. The molecule has 2 aromatic rings. The Morgan fingerprint density at radius 3 is 2.57 bits per heavy atom. The molecule has 0 saturated carbocycles. The van der Waals surface area contributed by atoms with E-state index in [4.69, 9.17) is 0 Å². The normalized spacial score (nSPS) is 10.4. The van der Waals surface area contributed by atoms with Crippen LogP contribution in [0.4, 0.5) is 5.95 Å². The van der Waals surface area contributed by atoms with E-state index in [9.17, 15) is 9.59 Å². The van der Waals surface area contributed by atoms with Gasteiger partial charge in [-0.1, -0.05) is 13.8 Å². The van der Waals surface area contributed by atoms with Crippen molar-refractivity contribution < 1.29 is 4.79 Å². The third-order valence-electron chi connectivity index (χ3n) is 3.04. The van der Waals surface area contributed by atoms with Crippen molar-refractivity contribution in [2.75, 3.05) is 5.32 Å². The first-order valence-electron chi connectivity index (χ1n) is 6.78. The second-order valence-electron chi connectivity index (χ2n) is 4.58. The van der Waals surface area contributed by atoms with Crippen LogP contribution >= 0.6 is 0 Å². The molecule has 0 atom stereocenters. The molecule has 110 valence electrons. The summed E-state index contributed by atoms with van der Waals surface area (Å²) in [6.45, 7) is 5.67. The van der Waals surface area contributed by atoms with Gasteiger partial charge in [0, 0.05) is 18.0 Å². The molecule has 0 aliphatic carbocycles. The predicted molar refractivity (Wildman–Crippen MR) is 78.3 cm³/mol. The Labute approximate surface area is 121 Å². The van der Waals surface area contributed by atoms with E-state index in [1.807, 2.05) is 13.8 Å². The highest BCUT2D eigenvalue weighted by molar-refractivity contribution is 6.02. The number of hydrogen-bond donors (Lipinski definition) is 2. The molecule has 0 fully saturated rings. The number of aromatic amines is 1. The van der Waals surface area contributed by atoms with Gasteiger partial charge in [-0.15, -0.1) is 10.2 Å². The highest BCUT2D eigenvalue weighted by atomic mass is 16.2. The van der Waals surface area contributed by atoms with Crippen LogP contribution in [0.15, 0.2) is 17.1 Å². The Morgan fingerprint density at radius 2 is 1.95 bits per heavy atom. The van der Waals surface area contributed by atoms with Crippen LogP contribution in [0.25, 0.3) is 0 Å². The van der Waals surface area contributed by atoms with Gasteiger partial charge in [-0.3, -0.25) is 14.9 Å². The molecule has 2 rings (SSSR count). The molecule has 2 heterocycles. The van der Waals surface area contributed by atoms with Gasteiger partial charge in [0.05, 0.1) is 11.4 Å². The fourth-order valence-electron chi connectivity index (χ4n) is 1.91. The molecule has 0 aliphatic rings. The third kappa shape index (κ3) is 3.31. The lowest BCUT2D eigenvalue weighted by Gasteiger charge is -2.06. The Bertz CT molecular complexity index is 724. The van der Waals surface area contributed by atoms with Crippen LogP contribution in [0.2, 0.25) is 0 Å². The number of hydrogen-bond acceptors (Lipinski definition) is 5. The van der Waals surface area contributed by atoms with Crippen LogP contribution in [-0.4, -0.2) is 26.1 Å². The minimum Gasteiger partial charge on any atom is -0.364 e. The summed E-state index contributed by atoms with van der Waals surface area (Å²) in [5.74, 6) is -0.446. The van der Waals surface area contributed by atoms with E-state index in [0.717, 1.165) is 17.8 Å². The first kappa shape index (κ1) is 14.8. The summed E-state index contributed by atoms with van der Waals surface area (Å²) in [5.41, 5.74) is 1.96. The van der Waals surface area contributed by atoms with Crippen molar-refractivity contribution >= 4 is 11.9 Å². The predicted octanol–water partition coefficient (Wildman–Crippen LogP) is 1.25. The number of carbonyl (C=O) groups excluding carboxylic acids is 1. The quantitative estimate of drug-likeness (QED) is 0.881. The van der Waals surface area contributed by atoms with Gasteiger partial charge >= 0.3 is 0 Å². The van der Waals surface area contributed by atoms with Crippen LogP contribution in [-0.2, 0) is 12.8 Å². The van der Waals surface area contributed by atoms with E-state index in [-0.39, 0.29) is 16.9 Å². The fraction of sp³-hybridized carbons (Fsp3) is 0.357. The number of pyridine rings is 1. The van der Waals surface area contributed by atoms with Crippen molar-refractivity contribution in [1.82, 2.24) is 20.2 Å². The van der Waals surface area contributed by atoms with Crippen molar-refractivity contribution in [3.05, 3.63) is 45.1 Å². The topological polar surface area (TPSA) is 101 Å². The highest BCUT2D eigenvalue weighted by Crippen LogP contribution is 2.07. The zero-order valence-corrected chi connectivity index (χ0v) is 12.2. The largest absolute Gasteiger partial charge is 0.364 e. The summed E-state index contributed by atoms with van der Waals surface area (Å²) >= 11 is 0. The number of aryl methyl sites for hydroxylation is 3. The van der Waals surface area contributed by atoms with Crippen molar-refractivity contribution in [2.24, 2.45) is 0 Å². The van der Waals surface area contributed by atoms with Gasteiger partial charge in [0.25, 0.3) is 5.91 Å². The van der Waals surface area contributed by atoms with Crippen LogP contribution in [0, 0.1) is 6.92 Å². The highest BCUT2D eigenvalue weighted by Gasteiger charge is 2.13. The lowest BCUT2D eigenvalue weighted by Crippen LogP contribution is -2.23. The number of amides is 1. The smallest absolute Gasteiger partial charge is 0.263 e. The number of anilines is 1. The number of nitrogens with zero attached hydrogens (tertiary/aromatic N) is 3. The maximum absolute atomic E-state index is 12.1. The number of aromatic nitrogens is 4. The maximum atomic E-state index is 12.1. The molecule has 0 aliphatic heterocycles. The molecule has 21 heavy (non-hydrogen) atoms. The average Bonchev–Trinajstić information content (AvgIpc) is 2.46. The molecule has 0 saturated heterocycles. The van der Waals surface area contributed by atoms with E-state index >= 15 is 0 Å². The average molecular weight is 287 g/mol. The molecule has 0 spiro atoms. The van der Waals surface area contributed by atoms with Crippen molar-refractivity contribution in [1.29, 1.82) is 0 Å². The van der Waals surface area contributed by atoms with Gasteiger partial charge in [0.2, 0.25) is 5.95 Å². The zero-order valence-electron chi connectivity index (χ0n) is 12.2. The van der Waals surface area contributed by atoms with Gasteiger partial charge in [-0.25, -0.2) is 4.98 Å². The summed E-state index contributed by atoms with van der Waals surface area (Å²) in [4.78, 5) is 30.9. The monoisotopic (exact) mass is 287 g/mol. The second-order valence-corrected chi connectivity index (χ2v) is 4.58. The lowest BCUT2D eigenvalue weighted by molar-refractivity contribution is 0.102. The molecule has 1 amide bonds. The van der Waals surface area contributed by atoms with Gasteiger partial charge in [-0.05, 0) is 19.8 Å². The summed E-state index contributed by atoms with van der Waals surface area (Å²) in [6.07, 6.45) is 2.81. The fourth-order valence-corrected chi connectivity index (χ4v) is 1.91. The first-order chi connectivity index (χ1) is 10.0. The summed E-state index contributed by atoms with van der Waals surface area (Å²) in [7, 11) is 0.